The molecule has 0 amide bonds. The van der Waals surface area contributed by atoms with Crippen LogP contribution in [0.15, 0.2) is 53.7 Å². The number of benzene rings is 2. The van der Waals surface area contributed by atoms with Gasteiger partial charge >= 0.3 is 0 Å². The van der Waals surface area contributed by atoms with E-state index < -0.39 is 5.41 Å². The SMILES string of the molecule is COc1ccccc1C1=NOC2CCCC(OCc3ccccc3F)C12C. The van der Waals surface area contributed by atoms with Crippen molar-refractivity contribution in [1.82, 2.24) is 0 Å². The zero-order valence-corrected chi connectivity index (χ0v) is 15.7. The highest BCUT2D eigenvalue weighted by atomic mass is 19.1. The normalized spacial score (nSPS) is 26.9. The highest BCUT2D eigenvalue weighted by molar-refractivity contribution is 6.07. The van der Waals surface area contributed by atoms with Crippen LogP contribution in [0.1, 0.15) is 37.3 Å². The molecule has 3 atom stereocenters. The molecule has 2 aromatic carbocycles. The molecular formula is C22H24FNO3. The molecule has 27 heavy (non-hydrogen) atoms. The summed E-state index contributed by atoms with van der Waals surface area (Å²) in [7, 11) is 1.65. The zero-order chi connectivity index (χ0) is 18.9. The summed E-state index contributed by atoms with van der Waals surface area (Å²) in [4.78, 5) is 5.81. The number of halogens is 1. The van der Waals surface area contributed by atoms with Crippen LogP contribution in [-0.4, -0.2) is 25.0 Å². The van der Waals surface area contributed by atoms with Crippen molar-refractivity contribution in [2.45, 2.75) is 45.0 Å². The number of hydrogen-bond donors (Lipinski definition) is 0. The quantitative estimate of drug-likeness (QED) is 0.766. The lowest BCUT2D eigenvalue weighted by Gasteiger charge is -2.41. The van der Waals surface area contributed by atoms with Gasteiger partial charge in [0.15, 0.2) is 0 Å². The third-order valence-corrected chi connectivity index (χ3v) is 5.81. The number of oxime groups is 1. The van der Waals surface area contributed by atoms with Gasteiger partial charge in [-0.05, 0) is 44.4 Å². The van der Waals surface area contributed by atoms with Crippen molar-refractivity contribution in [3.8, 4) is 5.75 Å². The van der Waals surface area contributed by atoms with E-state index in [1.54, 1.807) is 19.2 Å². The van der Waals surface area contributed by atoms with Gasteiger partial charge in [-0.1, -0.05) is 35.5 Å². The van der Waals surface area contributed by atoms with Crippen molar-refractivity contribution in [1.29, 1.82) is 0 Å². The third kappa shape index (κ3) is 3.10. The van der Waals surface area contributed by atoms with E-state index in [0.29, 0.717) is 5.56 Å². The van der Waals surface area contributed by atoms with Crippen LogP contribution in [-0.2, 0) is 16.2 Å². The van der Waals surface area contributed by atoms with E-state index in [-0.39, 0.29) is 24.6 Å². The largest absolute Gasteiger partial charge is 0.496 e. The Kier molecular flexibility index (Phi) is 4.87. The molecule has 0 aromatic heterocycles. The van der Waals surface area contributed by atoms with Crippen molar-refractivity contribution in [3.63, 3.8) is 0 Å². The van der Waals surface area contributed by atoms with E-state index in [1.165, 1.54) is 6.07 Å². The van der Waals surface area contributed by atoms with Crippen molar-refractivity contribution < 1.29 is 18.7 Å². The molecule has 1 aliphatic heterocycles. The molecule has 1 heterocycles. The number of para-hydroxylation sites is 1. The summed E-state index contributed by atoms with van der Waals surface area (Å²) in [6.45, 7) is 2.37. The minimum absolute atomic E-state index is 0.0446. The average molecular weight is 369 g/mol. The maximum absolute atomic E-state index is 14.0. The fraction of sp³-hybridized carbons (Fsp3) is 0.409. The molecule has 0 saturated heterocycles. The second kappa shape index (κ2) is 7.31. The number of rotatable bonds is 5. The number of nitrogens with zero attached hydrogens (tertiary/aromatic N) is 1. The Hall–Kier alpha value is -2.40. The van der Waals surface area contributed by atoms with Crippen molar-refractivity contribution in [3.05, 3.63) is 65.5 Å². The van der Waals surface area contributed by atoms with Crippen LogP contribution >= 0.6 is 0 Å². The molecule has 2 aliphatic rings. The van der Waals surface area contributed by atoms with Crippen molar-refractivity contribution >= 4 is 5.71 Å². The Labute approximate surface area is 158 Å². The number of methoxy groups -OCH3 is 1. The number of hydrogen-bond acceptors (Lipinski definition) is 4. The molecule has 0 spiro atoms. The first-order valence-corrected chi connectivity index (χ1v) is 9.37. The fourth-order valence-electron chi connectivity index (χ4n) is 4.22. The molecule has 0 radical (unpaired) electrons. The van der Waals surface area contributed by atoms with Gasteiger partial charge in [-0.2, -0.15) is 0 Å². The molecule has 1 fully saturated rings. The molecule has 4 rings (SSSR count). The van der Waals surface area contributed by atoms with Gasteiger partial charge in [0.05, 0.1) is 25.2 Å². The van der Waals surface area contributed by atoms with E-state index in [2.05, 4.69) is 12.1 Å². The van der Waals surface area contributed by atoms with Gasteiger partial charge in [-0.15, -0.1) is 0 Å². The van der Waals surface area contributed by atoms with Gasteiger partial charge in [0, 0.05) is 11.1 Å². The maximum Gasteiger partial charge on any atom is 0.141 e. The highest BCUT2D eigenvalue weighted by Crippen LogP contribution is 2.48. The minimum atomic E-state index is -0.405. The van der Waals surface area contributed by atoms with Crippen molar-refractivity contribution in [2.75, 3.05) is 7.11 Å². The molecular weight excluding hydrogens is 345 g/mol. The highest BCUT2D eigenvalue weighted by Gasteiger charge is 2.54. The molecule has 0 N–H and O–H groups in total. The predicted octanol–water partition coefficient (Wildman–Crippen LogP) is 4.71. The lowest BCUT2D eigenvalue weighted by molar-refractivity contribution is -0.0976. The first-order chi connectivity index (χ1) is 13.1. The maximum atomic E-state index is 14.0. The molecule has 1 aliphatic carbocycles. The van der Waals surface area contributed by atoms with E-state index in [1.807, 2.05) is 30.3 Å². The van der Waals surface area contributed by atoms with E-state index in [4.69, 9.17) is 14.3 Å². The lowest BCUT2D eigenvalue weighted by Crippen LogP contribution is -2.50. The smallest absolute Gasteiger partial charge is 0.141 e. The Morgan fingerprint density at radius 1 is 1.15 bits per heavy atom. The predicted molar refractivity (Wildman–Crippen MR) is 101 cm³/mol. The summed E-state index contributed by atoms with van der Waals surface area (Å²) >= 11 is 0. The molecule has 4 nitrogen and oxygen atoms in total. The van der Waals surface area contributed by atoms with E-state index >= 15 is 0 Å². The molecule has 2 aromatic rings. The molecule has 5 heteroatoms. The Morgan fingerprint density at radius 2 is 1.93 bits per heavy atom. The monoisotopic (exact) mass is 369 g/mol. The van der Waals surface area contributed by atoms with Gasteiger partial charge < -0.3 is 14.3 Å². The van der Waals surface area contributed by atoms with Crippen LogP contribution in [0, 0.1) is 11.2 Å². The zero-order valence-electron chi connectivity index (χ0n) is 15.7. The Bertz CT molecular complexity index is 853. The number of ether oxygens (including phenoxy) is 2. The van der Waals surface area contributed by atoms with Gasteiger partial charge in [0.2, 0.25) is 0 Å². The van der Waals surface area contributed by atoms with Gasteiger partial charge in [0.1, 0.15) is 23.4 Å². The first kappa shape index (κ1) is 18.0. The summed E-state index contributed by atoms with van der Waals surface area (Å²) in [5, 5.41) is 4.44. The number of fused-ring (bicyclic) bond motifs is 1. The van der Waals surface area contributed by atoms with Crippen LogP contribution in [0.5, 0.6) is 5.75 Å². The van der Waals surface area contributed by atoms with Crippen LogP contribution in [0.25, 0.3) is 0 Å². The van der Waals surface area contributed by atoms with E-state index in [0.717, 1.165) is 36.3 Å². The summed E-state index contributed by atoms with van der Waals surface area (Å²) in [6.07, 6.45) is 2.66. The summed E-state index contributed by atoms with van der Waals surface area (Å²) < 4.78 is 25.8. The molecule has 142 valence electrons. The molecule has 0 bridgehead atoms. The van der Waals surface area contributed by atoms with Crippen LogP contribution < -0.4 is 4.74 Å². The summed E-state index contributed by atoms with van der Waals surface area (Å²) in [6, 6.07) is 14.6. The van der Waals surface area contributed by atoms with Crippen LogP contribution in [0.4, 0.5) is 4.39 Å². The summed E-state index contributed by atoms with van der Waals surface area (Å²) in [5.74, 6) is 0.524. The molecule has 3 unspecified atom stereocenters. The Balaban J connectivity index is 1.63. The average Bonchev–Trinajstić information content (AvgIpc) is 3.04. The first-order valence-electron chi connectivity index (χ1n) is 9.37. The van der Waals surface area contributed by atoms with Gasteiger partial charge in [-0.25, -0.2) is 4.39 Å². The second-order valence-corrected chi connectivity index (χ2v) is 7.34. The minimum Gasteiger partial charge on any atom is -0.496 e. The van der Waals surface area contributed by atoms with Crippen molar-refractivity contribution in [2.24, 2.45) is 10.6 Å². The van der Waals surface area contributed by atoms with Gasteiger partial charge in [-0.3, -0.25) is 0 Å². The lowest BCUT2D eigenvalue weighted by atomic mass is 9.67. The second-order valence-electron chi connectivity index (χ2n) is 7.34. The fourth-order valence-corrected chi connectivity index (χ4v) is 4.22. The van der Waals surface area contributed by atoms with Crippen LogP contribution in [0.2, 0.25) is 0 Å². The third-order valence-electron chi connectivity index (χ3n) is 5.81. The van der Waals surface area contributed by atoms with Gasteiger partial charge in [0.25, 0.3) is 0 Å². The Morgan fingerprint density at radius 3 is 2.74 bits per heavy atom. The van der Waals surface area contributed by atoms with E-state index in [9.17, 15) is 4.39 Å². The topological polar surface area (TPSA) is 40.0 Å². The molecule has 1 saturated carbocycles. The summed E-state index contributed by atoms with van der Waals surface area (Å²) in [5.41, 5.74) is 1.94. The van der Waals surface area contributed by atoms with Crippen LogP contribution in [0.3, 0.4) is 0 Å². The standard InChI is InChI=1S/C22H24FNO3/c1-22-19(26-14-15-8-3-5-10-17(15)23)12-7-13-20(22)27-24-21(22)16-9-4-6-11-18(16)25-2/h3-6,8-11,19-20H,7,12-14H2,1-2H3.